The number of benzene rings is 2. The van der Waals surface area contributed by atoms with Crippen LogP contribution in [0.2, 0.25) is 0 Å². The highest BCUT2D eigenvalue weighted by Crippen LogP contribution is 2.20. The van der Waals surface area contributed by atoms with Gasteiger partial charge in [0, 0.05) is 24.7 Å². The van der Waals surface area contributed by atoms with Gasteiger partial charge >= 0.3 is 5.97 Å². The zero-order valence-electron chi connectivity index (χ0n) is 17.7. The third-order valence-electron chi connectivity index (χ3n) is 5.19. The normalized spacial score (nSPS) is 14.4. The van der Waals surface area contributed by atoms with Gasteiger partial charge in [-0.05, 0) is 55.7 Å². The predicted octanol–water partition coefficient (Wildman–Crippen LogP) is 3.76. The van der Waals surface area contributed by atoms with Crippen molar-refractivity contribution in [3.05, 3.63) is 71.8 Å². The second-order valence-electron chi connectivity index (χ2n) is 7.33. The molecule has 1 heterocycles. The lowest BCUT2D eigenvalue weighted by atomic mass is 9.97. The minimum atomic E-state index is -0.383. The number of piperidine rings is 1. The maximum absolute atomic E-state index is 12.4. The first-order valence-corrected chi connectivity index (χ1v) is 10.5. The molecule has 1 aliphatic heterocycles. The lowest BCUT2D eigenvalue weighted by molar-refractivity contribution is -0.150. The maximum Gasteiger partial charge on any atom is 0.309 e. The molecule has 0 spiro atoms. The van der Waals surface area contributed by atoms with E-state index in [1.54, 1.807) is 41.3 Å². The van der Waals surface area contributed by atoms with Gasteiger partial charge in [0.25, 0.3) is 0 Å². The molecule has 1 aliphatic rings. The number of esters is 1. The van der Waals surface area contributed by atoms with Crippen LogP contribution in [0.5, 0.6) is 5.75 Å². The lowest BCUT2D eigenvalue weighted by Crippen LogP contribution is -2.40. The molecule has 1 saturated heterocycles. The summed E-state index contributed by atoms with van der Waals surface area (Å²) in [5.74, 6) is -0.311. The highest BCUT2D eigenvalue weighted by Gasteiger charge is 2.28. The standard InChI is InChI=1S/C25H27NO5/c1-2-30-22-11-9-20(10-12-22)23(27)18-31-25(29)21-14-16-26(17-15-21)24(28)13-8-19-6-4-3-5-7-19/h3-13,21H,2,14-18H2,1H3/b13-8+. The predicted molar refractivity (Wildman–Crippen MR) is 118 cm³/mol. The summed E-state index contributed by atoms with van der Waals surface area (Å²) in [6.07, 6.45) is 4.40. The largest absolute Gasteiger partial charge is 0.494 e. The van der Waals surface area contributed by atoms with Crippen LogP contribution in [-0.2, 0) is 14.3 Å². The van der Waals surface area contributed by atoms with E-state index in [0.717, 1.165) is 5.56 Å². The van der Waals surface area contributed by atoms with Gasteiger partial charge in [-0.2, -0.15) is 0 Å². The van der Waals surface area contributed by atoms with E-state index in [-0.39, 0.29) is 30.2 Å². The molecule has 2 aromatic carbocycles. The molecule has 0 radical (unpaired) electrons. The Kier molecular flexibility index (Phi) is 7.98. The molecule has 0 saturated carbocycles. The molecule has 31 heavy (non-hydrogen) atoms. The molecular weight excluding hydrogens is 394 g/mol. The summed E-state index contributed by atoms with van der Waals surface area (Å²) in [7, 11) is 0. The Morgan fingerprint density at radius 3 is 2.32 bits per heavy atom. The third kappa shape index (κ3) is 6.54. The number of nitrogens with zero attached hydrogens (tertiary/aromatic N) is 1. The van der Waals surface area contributed by atoms with Crippen LogP contribution in [0.25, 0.3) is 6.08 Å². The Morgan fingerprint density at radius 1 is 1.00 bits per heavy atom. The van der Waals surface area contributed by atoms with Crippen molar-refractivity contribution < 1.29 is 23.9 Å². The molecule has 0 aliphatic carbocycles. The minimum Gasteiger partial charge on any atom is -0.494 e. The first kappa shape index (κ1) is 22.3. The van der Waals surface area contributed by atoms with Crippen LogP contribution in [0.4, 0.5) is 0 Å². The summed E-state index contributed by atoms with van der Waals surface area (Å²) in [6, 6.07) is 16.4. The van der Waals surface area contributed by atoms with Crippen molar-refractivity contribution in [1.82, 2.24) is 4.90 Å². The molecule has 0 N–H and O–H groups in total. The van der Waals surface area contributed by atoms with Crippen LogP contribution in [0, 0.1) is 5.92 Å². The van der Waals surface area contributed by atoms with Gasteiger partial charge in [0.05, 0.1) is 12.5 Å². The Morgan fingerprint density at radius 2 is 1.68 bits per heavy atom. The second kappa shape index (κ2) is 11.1. The van der Waals surface area contributed by atoms with Crippen molar-refractivity contribution in [3.8, 4) is 5.75 Å². The molecule has 6 nitrogen and oxygen atoms in total. The number of carbonyl (C=O) groups excluding carboxylic acids is 3. The molecule has 1 fully saturated rings. The monoisotopic (exact) mass is 421 g/mol. The molecular formula is C25H27NO5. The van der Waals surface area contributed by atoms with Crippen LogP contribution < -0.4 is 4.74 Å². The first-order chi connectivity index (χ1) is 15.1. The fraction of sp³-hybridized carbons (Fsp3) is 0.320. The van der Waals surface area contributed by atoms with Crippen molar-refractivity contribution in [3.63, 3.8) is 0 Å². The summed E-state index contributed by atoms with van der Waals surface area (Å²) < 4.78 is 10.6. The highest BCUT2D eigenvalue weighted by molar-refractivity contribution is 5.98. The van der Waals surface area contributed by atoms with Gasteiger partial charge < -0.3 is 14.4 Å². The number of ketones is 1. The molecule has 2 aromatic rings. The van der Waals surface area contributed by atoms with E-state index < -0.39 is 0 Å². The molecule has 0 unspecified atom stereocenters. The van der Waals surface area contributed by atoms with Crippen molar-refractivity contribution >= 4 is 23.7 Å². The van der Waals surface area contributed by atoms with E-state index in [0.29, 0.717) is 43.9 Å². The number of hydrogen-bond acceptors (Lipinski definition) is 5. The summed E-state index contributed by atoms with van der Waals surface area (Å²) in [5, 5.41) is 0. The molecule has 0 bridgehead atoms. The number of rotatable bonds is 8. The van der Waals surface area contributed by atoms with E-state index in [1.165, 1.54) is 0 Å². The fourth-order valence-corrected chi connectivity index (χ4v) is 3.41. The minimum absolute atomic E-state index is 0.0682. The number of ether oxygens (including phenoxy) is 2. The first-order valence-electron chi connectivity index (χ1n) is 10.5. The van der Waals surface area contributed by atoms with E-state index >= 15 is 0 Å². The molecule has 0 aromatic heterocycles. The van der Waals surface area contributed by atoms with Crippen LogP contribution in [0.15, 0.2) is 60.7 Å². The van der Waals surface area contributed by atoms with E-state index in [2.05, 4.69) is 0 Å². The van der Waals surface area contributed by atoms with Gasteiger partial charge in [0.1, 0.15) is 5.75 Å². The topological polar surface area (TPSA) is 72.9 Å². The van der Waals surface area contributed by atoms with E-state index in [9.17, 15) is 14.4 Å². The Labute approximate surface area is 182 Å². The fourth-order valence-electron chi connectivity index (χ4n) is 3.41. The number of Topliss-reactive ketones (excluding diaryl/α,β-unsaturated/α-hetero) is 1. The quantitative estimate of drug-likeness (QED) is 0.369. The summed E-state index contributed by atoms with van der Waals surface area (Å²) in [5.41, 5.74) is 1.44. The Balaban J connectivity index is 1.42. The molecule has 162 valence electrons. The van der Waals surface area contributed by atoms with E-state index in [1.807, 2.05) is 37.3 Å². The summed E-state index contributed by atoms with van der Waals surface area (Å²) in [6.45, 7) is 3.14. The van der Waals surface area contributed by atoms with Crippen molar-refractivity contribution in [2.24, 2.45) is 5.92 Å². The molecule has 0 atom stereocenters. The Hall–Kier alpha value is -3.41. The van der Waals surface area contributed by atoms with Gasteiger partial charge in [0.15, 0.2) is 12.4 Å². The average Bonchev–Trinajstić information content (AvgIpc) is 2.82. The van der Waals surface area contributed by atoms with Gasteiger partial charge in [-0.3, -0.25) is 14.4 Å². The Bertz CT molecular complexity index is 913. The number of amides is 1. The lowest BCUT2D eigenvalue weighted by Gasteiger charge is -2.30. The van der Waals surface area contributed by atoms with Crippen molar-refractivity contribution in [2.75, 3.05) is 26.3 Å². The molecule has 1 amide bonds. The number of carbonyl (C=O) groups is 3. The highest BCUT2D eigenvalue weighted by atomic mass is 16.5. The maximum atomic E-state index is 12.4. The number of hydrogen-bond donors (Lipinski definition) is 0. The third-order valence-corrected chi connectivity index (χ3v) is 5.19. The van der Waals surface area contributed by atoms with Gasteiger partial charge in [-0.1, -0.05) is 30.3 Å². The van der Waals surface area contributed by atoms with Crippen molar-refractivity contribution in [2.45, 2.75) is 19.8 Å². The average molecular weight is 421 g/mol. The summed E-state index contributed by atoms with van der Waals surface area (Å²) in [4.78, 5) is 38.7. The van der Waals surface area contributed by atoms with Gasteiger partial charge in [-0.25, -0.2) is 0 Å². The van der Waals surface area contributed by atoms with Gasteiger partial charge in [0.2, 0.25) is 5.91 Å². The number of likely N-dealkylation sites (tertiary alicyclic amines) is 1. The SMILES string of the molecule is CCOc1ccc(C(=O)COC(=O)C2CCN(C(=O)/C=C/c3ccccc3)CC2)cc1. The second-order valence-corrected chi connectivity index (χ2v) is 7.33. The zero-order chi connectivity index (χ0) is 22.1. The summed E-state index contributed by atoms with van der Waals surface area (Å²) >= 11 is 0. The zero-order valence-corrected chi connectivity index (χ0v) is 17.7. The van der Waals surface area contributed by atoms with Crippen LogP contribution in [0.3, 0.4) is 0 Å². The van der Waals surface area contributed by atoms with Crippen LogP contribution in [-0.4, -0.2) is 48.9 Å². The van der Waals surface area contributed by atoms with Crippen LogP contribution in [0.1, 0.15) is 35.7 Å². The van der Waals surface area contributed by atoms with Crippen molar-refractivity contribution in [1.29, 1.82) is 0 Å². The smallest absolute Gasteiger partial charge is 0.309 e. The van der Waals surface area contributed by atoms with Crippen LogP contribution >= 0.6 is 0 Å². The molecule has 3 rings (SSSR count). The van der Waals surface area contributed by atoms with Gasteiger partial charge in [-0.15, -0.1) is 0 Å². The molecule has 6 heteroatoms. The van der Waals surface area contributed by atoms with E-state index in [4.69, 9.17) is 9.47 Å².